The third-order valence-corrected chi connectivity index (χ3v) is 2.25. The summed E-state index contributed by atoms with van der Waals surface area (Å²) in [6, 6.07) is 3.98. The molecule has 0 aromatic carbocycles. The van der Waals surface area contributed by atoms with Crippen molar-refractivity contribution in [3.05, 3.63) is 30.1 Å². The molecule has 1 aliphatic heterocycles. The number of nitrogens with one attached hydrogen (secondary N) is 1. The van der Waals surface area contributed by atoms with E-state index in [2.05, 4.69) is 10.3 Å². The summed E-state index contributed by atoms with van der Waals surface area (Å²) >= 11 is 0. The summed E-state index contributed by atoms with van der Waals surface area (Å²) in [5.74, 6) is 0. The predicted molar refractivity (Wildman–Crippen MR) is 64.8 cm³/mol. The number of hydrogen-bond donors (Lipinski definition) is 1. The standard InChI is InChI=1S/C10H14N2O.2ClH/c1-4-11-5-2-9(1)8-13-10-3-6-12-7-10;;/h1-2,4-5,10,12H,3,6-8H2;2*1H. The van der Waals surface area contributed by atoms with Crippen molar-refractivity contribution < 1.29 is 4.74 Å². The van der Waals surface area contributed by atoms with Crippen molar-refractivity contribution >= 4 is 24.8 Å². The van der Waals surface area contributed by atoms with Crippen LogP contribution in [0.1, 0.15) is 12.0 Å². The highest BCUT2D eigenvalue weighted by atomic mass is 35.5. The lowest BCUT2D eigenvalue weighted by Crippen LogP contribution is -2.16. The smallest absolute Gasteiger partial charge is 0.0722 e. The monoisotopic (exact) mass is 250 g/mol. The molecule has 0 aliphatic carbocycles. The fraction of sp³-hybridized carbons (Fsp3) is 0.500. The van der Waals surface area contributed by atoms with Crippen LogP contribution >= 0.6 is 24.8 Å². The lowest BCUT2D eigenvalue weighted by Gasteiger charge is -2.09. The van der Waals surface area contributed by atoms with E-state index >= 15 is 0 Å². The third-order valence-electron chi connectivity index (χ3n) is 2.25. The lowest BCUT2D eigenvalue weighted by molar-refractivity contribution is 0.0542. The molecule has 1 aromatic rings. The first-order chi connectivity index (χ1) is 6.45. The number of aromatic nitrogens is 1. The minimum Gasteiger partial charge on any atom is -0.372 e. The zero-order valence-electron chi connectivity index (χ0n) is 8.39. The van der Waals surface area contributed by atoms with E-state index in [-0.39, 0.29) is 24.8 Å². The number of ether oxygens (including phenoxy) is 1. The predicted octanol–water partition coefficient (Wildman–Crippen LogP) is 1.80. The molecule has 15 heavy (non-hydrogen) atoms. The fourth-order valence-electron chi connectivity index (χ4n) is 1.46. The molecule has 2 heterocycles. The van der Waals surface area contributed by atoms with Crippen molar-refractivity contribution in [2.24, 2.45) is 0 Å². The van der Waals surface area contributed by atoms with Gasteiger partial charge in [0, 0.05) is 18.9 Å². The van der Waals surface area contributed by atoms with Crippen LogP contribution in [0.5, 0.6) is 0 Å². The number of hydrogen-bond acceptors (Lipinski definition) is 3. The first-order valence-electron chi connectivity index (χ1n) is 4.66. The average Bonchev–Trinajstić information content (AvgIpc) is 2.69. The molecule has 2 rings (SSSR count). The topological polar surface area (TPSA) is 34.1 Å². The number of nitrogens with zero attached hydrogens (tertiary/aromatic N) is 1. The molecule has 0 amide bonds. The Balaban J connectivity index is 0.000000980. The molecule has 0 saturated carbocycles. The third kappa shape index (κ3) is 4.80. The quantitative estimate of drug-likeness (QED) is 0.889. The van der Waals surface area contributed by atoms with Crippen LogP contribution in [0.4, 0.5) is 0 Å². The second-order valence-corrected chi connectivity index (χ2v) is 3.28. The van der Waals surface area contributed by atoms with Crippen LogP contribution in [0.15, 0.2) is 24.5 Å². The van der Waals surface area contributed by atoms with Gasteiger partial charge in [-0.05, 0) is 30.7 Å². The van der Waals surface area contributed by atoms with Gasteiger partial charge >= 0.3 is 0 Å². The Morgan fingerprint density at radius 2 is 2.07 bits per heavy atom. The molecule has 1 aliphatic rings. The number of pyridine rings is 1. The van der Waals surface area contributed by atoms with Gasteiger partial charge < -0.3 is 10.1 Å². The molecule has 0 spiro atoms. The van der Waals surface area contributed by atoms with Crippen LogP contribution in [0, 0.1) is 0 Å². The number of rotatable bonds is 3. The van der Waals surface area contributed by atoms with Crippen LogP contribution in [-0.4, -0.2) is 24.2 Å². The van der Waals surface area contributed by atoms with Gasteiger partial charge in [0.1, 0.15) is 0 Å². The summed E-state index contributed by atoms with van der Waals surface area (Å²) in [5, 5.41) is 3.27. The van der Waals surface area contributed by atoms with E-state index in [0.29, 0.717) is 12.7 Å². The fourth-order valence-corrected chi connectivity index (χ4v) is 1.46. The molecule has 1 atom stereocenters. The average molecular weight is 251 g/mol. The van der Waals surface area contributed by atoms with Gasteiger partial charge in [0.25, 0.3) is 0 Å². The van der Waals surface area contributed by atoms with Crippen LogP contribution < -0.4 is 5.32 Å². The first-order valence-corrected chi connectivity index (χ1v) is 4.66. The van der Waals surface area contributed by atoms with Crippen LogP contribution in [0.25, 0.3) is 0 Å². The maximum atomic E-state index is 5.70. The van der Waals surface area contributed by atoms with E-state index in [1.54, 1.807) is 12.4 Å². The minimum atomic E-state index is 0. The highest BCUT2D eigenvalue weighted by molar-refractivity contribution is 5.85. The lowest BCUT2D eigenvalue weighted by atomic mass is 10.3. The second kappa shape index (κ2) is 7.88. The van der Waals surface area contributed by atoms with E-state index in [4.69, 9.17) is 4.74 Å². The molecule has 0 bridgehead atoms. The molecule has 1 N–H and O–H groups in total. The van der Waals surface area contributed by atoms with Crippen molar-refractivity contribution in [3.8, 4) is 0 Å². The van der Waals surface area contributed by atoms with Crippen molar-refractivity contribution in [2.75, 3.05) is 13.1 Å². The van der Waals surface area contributed by atoms with Crippen LogP contribution in [-0.2, 0) is 11.3 Å². The van der Waals surface area contributed by atoms with Gasteiger partial charge in [0.15, 0.2) is 0 Å². The zero-order valence-corrected chi connectivity index (χ0v) is 10.0. The zero-order chi connectivity index (χ0) is 8.93. The van der Waals surface area contributed by atoms with E-state index < -0.39 is 0 Å². The molecule has 3 nitrogen and oxygen atoms in total. The Bertz CT molecular complexity index is 253. The van der Waals surface area contributed by atoms with Crippen molar-refractivity contribution in [3.63, 3.8) is 0 Å². The molecule has 0 radical (unpaired) electrons. The van der Waals surface area contributed by atoms with Gasteiger partial charge in [-0.2, -0.15) is 0 Å². The Kier molecular flexibility index (Phi) is 7.70. The molecular formula is C10H16Cl2N2O. The Morgan fingerprint density at radius 3 is 2.67 bits per heavy atom. The molecule has 5 heteroatoms. The van der Waals surface area contributed by atoms with Crippen molar-refractivity contribution in [1.29, 1.82) is 0 Å². The molecule has 1 saturated heterocycles. The highest BCUT2D eigenvalue weighted by Gasteiger charge is 2.14. The van der Waals surface area contributed by atoms with Gasteiger partial charge in [-0.25, -0.2) is 0 Å². The molecule has 1 fully saturated rings. The van der Waals surface area contributed by atoms with E-state index in [1.807, 2.05) is 12.1 Å². The summed E-state index contributed by atoms with van der Waals surface area (Å²) in [6.45, 7) is 2.78. The van der Waals surface area contributed by atoms with Crippen LogP contribution in [0.2, 0.25) is 0 Å². The Morgan fingerprint density at radius 1 is 1.33 bits per heavy atom. The van der Waals surface area contributed by atoms with E-state index in [1.165, 1.54) is 5.56 Å². The van der Waals surface area contributed by atoms with Crippen molar-refractivity contribution in [2.45, 2.75) is 19.1 Å². The van der Waals surface area contributed by atoms with E-state index in [0.717, 1.165) is 19.5 Å². The maximum absolute atomic E-state index is 5.70. The minimum absolute atomic E-state index is 0. The SMILES string of the molecule is Cl.Cl.c1cc(COC2CCNC2)ccn1. The summed E-state index contributed by atoms with van der Waals surface area (Å²) in [7, 11) is 0. The summed E-state index contributed by atoms with van der Waals surface area (Å²) in [5.41, 5.74) is 1.20. The van der Waals surface area contributed by atoms with Gasteiger partial charge in [0.2, 0.25) is 0 Å². The van der Waals surface area contributed by atoms with Gasteiger partial charge in [0.05, 0.1) is 12.7 Å². The van der Waals surface area contributed by atoms with Gasteiger partial charge in [-0.15, -0.1) is 24.8 Å². The normalized spacial score (nSPS) is 19.1. The Hall–Kier alpha value is -0.350. The van der Waals surface area contributed by atoms with Gasteiger partial charge in [-0.3, -0.25) is 4.98 Å². The summed E-state index contributed by atoms with van der Waals surface area (Å²) in [4.78, 5) is 3.96. The maximum Gasteiger partial charge on any atom is 0.0722 e. The Labute approximate surface area is 102 Å². The largest absolute Gasteiger partial charge is 0.372 e. The molecule has 1 aromatic heterocycles. The van der Waals surface area contributed by atoms with E-state index in [9.17, 15) is 0 Å². The highest BCUT2D eigenvalue weighted by Crippen LogP contribution is 2.07. The van der Waals surface area contributed by atoms with Crippen molar-refractivity contribution in [1.82, 2.24) is 10.3 Å². The summed E-state index contributed by atoms with van der Waals surface area (Å²) in [6.07, 6.45) is 5.12. The molecular weight excluding hydrogens is 235 g/mol. The molecule has 1 unspecified atom stereocenters. The van der Waals surface area contributed by atoms with Crippen LogP contribution in [0.3, 0.4) is 0 Å². The number of halogens is 2. The second-order valence-electron chi connectivity index (χ2n) is 3.28. The van der Waals surface area contributed by atoms with Gasteiger partial charge in [-0.1, -0.05) is 0 Å². The molecule has 86 valence electrons. The summed E-state index contributed by atoms with van der Waals surface area (Å²) < 4.78 is 5.70. The first kappa shape index (κ1) is 14.6.